The lowest BCUT2D eigenvalue weighted by molar-refractivity contribution is -0.137. The first-order valence-electron chi connectivity index (χ1n) is 10.9. The van der Waals surface area contributed by atoms with Crippen molar-refractivity contribution in [3.05, 3.63) is 54.6 Å². The summed E-state index contributed by atoms with van der Waals surface area (Å²) in [5.41, 5.74) is 8.12. The van der Waals surface area contributed by atoms with Crippen LogP contribution in [-0.4, -0.2) is 72.3 Å². The summed E-state index contributed by atoms with van der Waals surface area (Å²) in [4.78, 5) is 14.8. The standard InChI is InChI=1S/C22H28BN3O5S/c24-20-12-14-25(15-19(20)22(27)26-13-4-7-21(26)23(28)29)32(30,31)18-10-8-17(9-11-18)16-5-2-1-3-6-16/h1-3,5-6,8-11,19-21,28-29H,4,7,12-15,24H2/t19-,20-,21+/m1/s1. The maximum absolute atomic E-state index is 13.3. The Kier molecular flexibility index (Phi) is 6.69. The molecular weight excluding hydrogens is 429 g/mol. The van der Waals surface area contributed by atoms with Crippen LogP contribution in [0.4, 0.5) is 0 Å². The van der Waals surface area contributed by atoms with E-state index in [1.807, 2.05) is 30.3 Å². The first-order valence-corrected chi connectivity index (χ1v) is 12.3. The number of rotatable bonds is 5. The molecule has 0 aliphatic carbocycles. The summed E-state index contributed by atoms with van der Waals surface area (Å²) in [6, 6.07) is 15.9. The lowest BCUT2D eigenvalue weighted by Crippen LogP contribution is -2.57. The minimum absolute atomic E-state index is 0.0203. The molecule has 2 aromatic rings. The van der Waals surface area contributed by atoms with Gasteiger partial charge >= 0.3 is 7.12 Å². The molecule has 1 amide bonds. The second-order valence-corrected chi connectivity index (χ2v) is 10.4. The van der Waals surface area contributed by atoms with Crippen molar-refractivity contribution in [3.8, 4) is 11.1 Å². The van der Waals surface area contributed by atoms with E-state index in [0.717, 1.165) is 11.1 Å². The third kappa shape index (κ3) is 4.46. The Balaban J connectivity index is 1.52. The fourth-order valence-corrected chi connectivity index (χ4v) is 6.09. The highest BCUT2D eigenvalue weighted by molar-refractivity contribution is 7.89. The van der Waals surface area contributed by atoms with E-state index in [0.29, 0.717) is 25.8 Å². The van der Waals surface area contributed by atoms with E-state index in [2.05, 4.69) is 0 Å². The summed E-state index contributed by atoms with van der Waals surface area (Å²) < 4.78 is 27.9. The van der Waals surface area contributed by atoms with Crippen LogP contribution in [0.1, 0.15) is 19.3 Å². The zero-order valence-electron chi connectivity index (χ0n) is 17.7. The third-order valence-electron chi connectivity index (χ3n) is 6.47. The predicted octanol–water partition coefficient (Wildman–Crippen LogP) is 0.694. The molecule has 4 N–H and O–H groups in total. The number of amides is 1. The molecule has 2 heterocycles. The van der Waals surface area contributed by atoms with Crippen molar-refractivity contribution in [2.45, 2.75) is 36.1 Å². The summed E-state index contributed by atoms with van der Waals surface area (Å²) in [5, 5.41) is 19.2. The molecule has 0 spiro atoms. The maximum atomic E-state index is 13.3. The van der Waals surface area contributed by atoms with Gasteiger partial charge in [-0.15, -0.1) is 0 Å². The second kappa shape index (κ2) is 9.32. The molecular formula is C22H28BN3O5S. The Labute approximate surface area is 188 Å². The van der Waals surface area contributed by atoms with E-state index < -0.39 is 35.0 Å². The van der Waals surface area contributed by atoms with Gasteiger partial charge in [0, 0.05) is 25.7 Å². The van der Waals surface area contributed by atoms with Crippen molar-refractivity contribution < 1.29 is 23.3 Å². The quantitative estimate of drug-likeness (QED) is 0.568. The number of sulfonamides is 1. The van der Waals surface area contributed by atoms with Crippen molar-refractivity contribution in [1.29, 1.82) is 0 Å². The Hall–Kier alpha value is -2.24. The summed E-state index contributed by atoms with van der Waals surface area (Å²) >= 11 is 0. The van der Waals surface area contributed by atoms with E-state index in [1.54, 1.807) is 24.3 Å². The lowest BCUT2D eigenvalue weighted by atomic mass is 9.77. The van der Waals surface area contributed by atoms with E-state index >= 15 is 0 Å². The Morgan fingerprint density at radius 1 is 0.969 bits per heavy atom. The van der Waals surface area contributed by atoms with Crippen molar-refractivity contribution in [1.82, 2.24) is 9.21 Å². The third-order valence-corrected chi connectivity index (χ3v) is 8.35. The minimum Gasteiger partial charge on any atom is -0.426 e. The molecule has 8 nitrogen and oxygen atoms in total. The van der Waals surface area contributed by atoms with Crippen LogP contribution >= 0.6 is 0 Å². The number of piperidine rings is 1. The molecule has 32 heavy (non-hydrogen) atoms. The Morgan fingerprint density at radius 2 is 1.62 bits per heavy atom. The van der Waals surface area contributed by atoms with Crippen LogP contribution in [0.25, 0.3) is 11.1 Å². The highest BCUT2D eigenvalue weighted by atomic mass is 32.2. The molecule has 2 saturated heterocycles. The molecule has 2 fully saturated rings. The summed E-state index contributed by atoms with van der Waals surface area (Å²) in [6.45, 7) is 0.630. The van der Waals surface area contributed by atoms with Crippen LogP contribution in [0.5, 0.6) is 0 Å². The normalized spacial score (nSPS) is 24.5. The van der Waals surface area contributed by atoms with Crippen LogP contribution in [0.2, 0.25) is 0 Å². The van der Waals surface area contributed by atoms with Gasteiger partial charge in [-0.25, -0.2) is 8.42 Å². The first kappa shape index (κ1) is 22.9. The van der Waals surface area contributed by atoms with Gasteiger partial charge in [-0.1, -0.05) is 42.5 Å². The SMILES string of the molecule is N[C@@H]1CCN(S(=O)(=O)c2ccc(-c3ccccc3)cc2)C[C@H]1C(=O)N1CCC[C@H]1B(O)O. The molecule has 2 aliphatic rings. The molecule has 170 valence electrons. The largest absolute Gasteiger partial charge is 0.475 e. The van der Waals surface area contributed by atoms with Crippen LogP contribution in [0.3, 0.4) is 0 Å². The summed E-state index contributed by atoms with van der Waals surface area (Å²) in [5.74, 6) is -1.71. The number of carbonyl (C=O) groups excluding carboxylic acids is 1. The minimum atomic E-state index is -3.80. The Morgan fingerprint density at radius 3 is 2.28 bits per heavy atom. The second-order valence-electron chi connectivity index (χ2n) is 8.47. The van der Waals surface area contributed by atoms with Gasteiger partial charge in [0.15, 0.2) is 0 Å². The molecule has 2 aromatic carbocycles. The van der Waals surface area contributed by atoms with Crippen LogP contribution in [0, 0.1) is 5.92 Å². The van der Waals surface area contributed by atoms with Gasteiger partial charge in [-0.2, -0.15) is 4.31 Å². The summed E-state index contributed by atoms with van der Waals surface area (Å²) in [7, 11) is -5.42. The lowest BCUT2D eigenvalue weighted by Gasteiger charge is -2.38. The Bertz CT molecular complexity index is 1050. The number of benzene rings is 2. The van der Waals surface area contributed by atoms with Crippen molar-refractivity contribution >= 4 is 23.0 Å². The average molecular weight is 457 g/mol. The molecule has 0 unspecified atom stereocenters. The highest BCUT2D eigenvalue weighted by Gasteiger charge is 2.44. The van der Waals surface area contributed by atoms with E-state index in [4.69, 9.17) is 5.73 Å². The number of hydrogen-bond donors (Lipinski definition) is 3. The zero-order valence-corrected chi connectivity index (χ0v) is 18.6. The van der Waals surface area contributed by atoms with Gasteiger partial charge in [0.05, 0.1) is 16.8 Å². The molecule has 4 rings (SSSR count). The van der Waals surface area contributed by atoms with Crippen molar-refractivity contribution in [3.63, 3.8) is 0 Å². The monoisotopic (exact) mass is 457 g/mol. The summed E-state index contributed by atoms with van der Waals surface area (Å²) in [6.07, 6.45) is 1.53. The van der Waals surface area contributed by atoms with Gasteiger partial charge in [0.1, 0.15) is 0 Å². The molecule has 2 aliphatic heterocycles. The fraction of sp³-hybridized carbons (Fsp3) is 0.409. The molecule has 0 radical (unpaired) electrons. The van der Waals surface area contributed by atoms with E-state index in [1.165, 1.54) is 9.21 Å². The molecule has 0 aromatic heterocycles. The smallest absolute Gasteiger partial charge is 0.426 e. The average Bonchev–Trinajstić information content (AvgIpc) is 3.30. The fourth-order valence-electron chi connectivity index (χ4n) is 4.61. The molecule has 3 atom stereocenters. The van der Waals surface area contributed by atoms with Gasteiger partial charge < -0.3 is 20.7 Å². The number of carbonyl (C=O) groups is 1. The van der Waals surface area contributed by atoms with Crippen LogP contribution in [-0.2, 0) is 14.8 Å². The number of likely N-dealkylation sites (tertiary alicyclic amines) is 1. The van der Waals surface area contributed by atoms with Gasteiger partial charge in [0.2, 0.25) is 15.9 Å². The molecule has 10 heteroatoms. The van der Waals surface area contributed by atoms with Gasteiger partial charge in [-0.3, -0.25) is 4.79 Å². The number of nitrogens with zero attached hydrogens (tertiary/aromatic N) is 2. The predicted molar refractivity (Wildman–Crippen MR) is 122 cm³/mol. The topological polar surface area (TPSA) is 124 Å². The van der Waals surface area contributed by atoms with Crippen molar-refractivity contribution in [2.75, 3.05) is 19.6 Å². The number of hydrogen-bond acceptors (Lipinski definition) is 6. The van der Waals surface area contributed by atoms with Crippen LogP contribution < -0.4 is 5.73 Å². The maximum Gasteiger partial charge on any atom is 0.475 e. The zero-order chi connectivity index (χ0) is 22.9. The van der Waals surface area contributed by atoms with E-state index in [9.17, 15) is 23.3 Å². The first-order chi connectivity index (χ1) is 15.3. The number of nitrogens with two attached hydrogens (primary N) is 1. The molecule has 0 saturated carbocycles. The van der Waals surface area contributed by atoms with Gasteiger partial charge in [0.25, 0.3) is 0 Å². The van der Waals surface area contributed by atoms with E-state index in [-0.39, 0.29) is 23.9 Å². The van der Waals surface area contributed by atoms with Crippen molar-refractivity contribution in [2.24, 2.45) is 11.7 Å². The van der Waals surface area contributed by atoms with Gasteiger partial charge in [-0.05, 0) is 42.5 Å². The molecule has 0 bridgehead atoms. The highest BCUT2D eigenvalue weighted by Crippen LogP contribution is 2.29. The van der Waals surface area contributed by atoms with Crippen LogP contribution in [0.15, 0.2) is 59.5 Å².